The van der Waals surface area contributed by atoms with E-state index >= 15 is 0 Å². The molecule has 1 aromatic carbocycles. The van der Waals surface area contributed by atoms with Gasteiger partial charge in [0.2, 0.25) is 0 Å². The van der Waals surface area contributed by atoms with Crippen molar-refractivity contribution in [3.05, 3.63) is 53.5 Å². The van der Waals surface area contributed by atoms with Gasteiger partial charge in [0, 0.05) is 28.2 Å². The second-order valence-electron chi connectivity index (χ2n) is 5.48. The van der Waals surface area contributed by atoms with Gasteiger partial charge < -0.3 is 10.0 Å². The molecule has 22 heavy (non-hydrogen) atoms. The van der Waals surface area contributed by atoms with E-state index in [1.165, 1.54) is 22.2 Å². The molecule has 3 rings (SSSR count). The van der Waals surface area contributed by atoms with Crippen molar-refractivity contribution in [1.82, 2.24) is 9.35 Å². The minimum atomic E-state index is -0.503. The first-order valence-corrected chi connectivity index (χ1v) is 6.55. The molecule has 0 unspecified atom stereocenters. The Hall–Kier alpha value is -2.90. The van der Waals surface area contributed by atoms with Crippen molar-refractivity contribution < 1.29 is 0 Å². The number of rotatable bonds is 2. The number of benzene rings is 1. The zero-order valence-electron chi connectivity index (χ0n) is 12.6. The van der Waals surface area contributed by atoms with Gasteiger partial charge in [-0.2, -0.15) is 9.35 Å². The Kier molecular flexibility index (Phi) is 2.74. The second-order valence-corrected chi connectivity index (χ2v) is 5.48. The molecule has 0 aliphatic rings. The molecule has 0 radical (unpaired) electrons. The number of aromatic nitrogens is 2. The van der Waals surface area contributed by atoms with Gasteiger partial charge in [0.25, 0.3) is 22.2 Å². The van der Waals surface area contributed by atoms with Crippen molar-refractivity contribution in [2.75, 3.05) is 38.2 Å². The van der Waals surface area contributed by atoms with Crippen LogP contribution in [0.25, 0.3) is 21.5 Å². The summed E-state index contributed by atoms with van der Waals surface area (Å²) in [5, 5.41) is 3.29. The van der Waals surface area contributed by atoms with Crippen LogP contribution in [0.15, 0.2) is 31.3 Å². The number of hydrogen-bond donors (Lipinski definition) is 0. The van der Waals surface area contributed by atoms with Crippen LogP contribution >= 0.6 is 0 Å². The van der Waals surface area contributed by atoms with Crippen LogP contribution in [-0.4, -0.2) is 37.5 Å². The van der Waals surface area contributed by atoms with Crippen LogP contribution in [0.5, 0.6) is 0 Å². The smallest absolute Gasteiger partial charge is 0.280 e. The summed E-state index contributed by atoms with van der Waals surface area (Å²) in [6.07, 6.45) is 0. The first-order chi connectivity index (χ1) is 10.3. The van der Waals surface area contributed by atoms with E-state index < -0.39 is 22.2 Å². The predicted molar refractivity (Wildman–Crippen MR) is 85.0 cm³/mol. The Labute approximate surface area is 123 Å². The van der Waals surface area contributed by atoms with Gasteiger partial charge in [-0.3, -0.25) is 19.2 Å². The summed E-state index contributed by atoms with van der Waals surface area (Å²) in [4.78, 5) is 49.2. The highest BCUT2D eigenvalue weighted by molar-refractivity contribution is 5.97. The third-order valence-corrected chi connectivity index (χ3v) is 3.65. The molecule has 2 aromatic heterocycles. The standard InChI is InChI=1S/C14H14N4O4/c1-15(2)17-11(19)7-5-9-10(6-8(7)12(17)20)14(22)18(13(9)21)16(3)4/h5-6H,1-4H3. The zero-order valence-corrected chi connectivity index (χ0v) is 12.6. The molecular weight excluding hydrogens is 288 g/mol. The Bertz CT molecular complexity index is 946. The van der Waals surface area contributed by atoms with E-state index in [2.05, 4.69) is 0 Å². The summed E-state index contributed by atoms with van der Waals surface area (Å²) < 4.78 is 1.94. The summed E-state index contributed by atoms with van der Waals surface area (Å²) >= 11 is 0. The summed E-state index contributed by atoms with van der Waals surface area (Å²) in [7, 11) is 6.28. The molecule has 114 valence electrons. The molecule has 0 atom stereocenters. The molecular formula is C14H14N4O4. The second kappa shape index (κ2) is 4.30. The van der Waals surface area contributed by atoms with Gasteiger partial charge >= 0.3 is 0 Å². The number of nitrogens with zero attached hydrogens (tertiary/aromatic N) is 4. The van der Waals surface area contributed by atoms with Gasteiger partial charge in [0.15, 0.2) is 0 Å². The lowest BCUT2D eigenvalue weighted by Gasteiger charge is -2.10. The lowest BCUT2D eigenvalue weighted by atomic mass is 10.1. The van der Waals surface area contributed by atoms with Crippen molar-refractivity contribution in [3.63, 3.8) is 0 Å². The molecule has 0 N–H and O–H groups in total. The zero-order chi connectivity index (χ0) is 16.3. The first-order valence-electron chi connectivity index (χ1n) is 6.55. The SMILES string of the molecule is CN(C)n1c(=O)c2cc3c(=O)n(N(C)C)c(=O)c3cc2c1=O. The van der Waals surface area contributed by atoms with Crippen molar-refractivity contribution in [3.8, 4) is 0 Å². The molecule has 0 fully saturated rings. The van der Waals surface area contributed by atoms with Crippen molar-refractivity contribution in [2.24, 2.45) is 0 Å². The fraction of sp³-hybridized carbons (Fsp3) is 0.286. The van der Waals surface area contributed by atoms with Crippen LogP contribution in [-0.2, 0) is 0 Å². The van der Waals surface area contributed by atoms with Gasteiger partial charge in [-0.15, -0.1) is 0 Å². The quantitative estimate of drug-likeness (QED) is 0.561. The Morgan fingerprint density at radius 2 is 0.818 bits per heavy atom. The van der Waals surface area contributed by atoms with Gasteiger partial charge in [-0.05, 0) is 12.1 Å². The molecule has 8 nitrogen and oxygen atoms in total. The van der Waals surface area contributed by atoms with Crippen LogP contribution in [0.3, 0.4) is 0 Å². The molecule has 8 heteroatoms. The first kappa shape index (κ1) is 14.1. The maximum atomic E-state index is 12.3. The summed E-state index contributed by atoms with van der Waals surface area (Å²) in [5.41, 5.74) is -2.01. The summed E-state index contributed by atoms with van der Waals surface area (Å²) in [6.45, 7) is 0. The highest BCUT2D eigenvalue weighted by Crippen LogP contribution is 2.14. The monoisotopic (exact) mass is 302 g/mol. The van der Waals surface area contributed by atoms with E-state index in [-0.39, 0.29) is 21.5 Å². The maximum Gasteiger partial charge on any atom is 0.280 e. The molecule has 2 heterocycles. The van der Waals surface area contributed by atoms with E-state index in [4.69, 9.17) is 0 Å². The Morgan fingerprint density at radius 3 is 1.00 bits per heavy atom. The van der Waals surface area contributed by atoms with E-state index in [9.17, 15) is 19.2 Å². The number of fused-ring (bicyclic) bond motifs is 2. The van der Waals surface area contributed by atoms with Crippen LogP contribution < -0.4 is 32.3 Å². The molecule has 0 amide bonds. The summed E-state index contributed by atoms with van der Waals surface area (Å²) in [5.74, 6) is 0. The van der Waals surface area contributed by atoms with Gasteiger partial charge in [-0.1, -0.05) is 0 Å². The van der Waals surface area contributed by atoms with Crippen LogP contribution in [0.2, 0.25) is 0 Å². The van der Waals surface area contributed by atoms with E-state index in [1.807, 2.05) is 0 Å². The van der Waals surface area contributed by atoms with E-state index in [1.54, 1.807) is 28.2 Å². The van der Waals surface area contributed by atoms with Crippen molar-refractivity contribution in [1.29, 1.82) is 0 Å². The largest absolute Gasteiger partial charge is 0.313 e. The molecule has 0 saturated carbocycles. The van der Waals surface area contributed by atoms with Crippen LogP contribution in [0.1, 0.15) is 0 Å². The summed E-state index contributed by atoms with van der Waals surface area (Å²) in [6, 6.07) is 2.66. The average Bonchev–Trinajstić information content (AvgIpc) is 2.82. The van der Waals surface area contributed by atoms with Gasteiger partial charge in [-0.25, -0.2) is 0 Å². The topological polar surface area (TPSA) is 84.6 Å². The molecule has 0 saturated heterocycles. The Morgan fingerprint density at radius 1 is 0.591 bits per heavy atom. The predicted octanol–water partition coefficient (Wildman–Crippen LogP) is -1.69. The average molecular weight is 302 g/mol. The molecule has 0 aliphatic heterocycles. The van der Waals surface area contributed by atoms with Crippen LogP contribution in [0.4, 0.5) is 0 Å². The highest BCUT2D eigenvalue weighted by atomic mass is 16.2. The minimum Gasteiger partial charge on any atom is -0.313 e. The normalized spacial score (nSPS) is 11.5. The maximum absolute atomic E-state index is 12.3. The molecule has 3 aromatic rings. The number of hydrogen-bond acceptors (Lipinski definition) is 6. The fourth-order valence-corrected chi connectivity index (χ4v) is 2.67. The lowest BCUT2D eigenvalue weighted by Crippen LogP contribution is -2.41. The van der Waals surface area contributed by atoms with Crippen molar-refractivity contribution >= 4 is 21.5 Å². The highest BCUT2D eigenvalue weighted by Gasteiger charge is 2.20. The molecule has 0 spiro atoms. The molecule has 0 aliphatic carbocycles. The third kappa shape index (κ3) is 1.57. The minimum absolute atomic E-state index is 0.138. The van der Waals surface area contributed by atoms with Gasteiger partial charge in [0.05, 0.1) is 21.5 Å². The van der Waals surface area contributed by atoms with Crippen LogP contribution in [0, 0.1) is 0 Å². The van der Waals surface area contributed by atoms with E-state index in [0.717, 1.165) is 9.35 Å². The molecule has 0 bridgehead atoms. The van der Waals surface area contributed by atoms with E-state index in [0.29, 0.717) is 0 Å². The Balaban J connectivity index is 2.58. The lowest BCUT2D eigenvalue weighted by molar-refractivity contribution is 0.694. The fourth-order valence-electron chi connectivity index (χ4n) is 2.67. The van der Waals surface area contributed by atoms with Crippen molar-refractivity contribution in [2.45, 2.75) is 0 Å². The van der Waals surface area contributed by atoms with Gasteiger partial charge in [0.1, 0.15) is 0 Å². The third-order valence-electron chi connectivity index (χ3n) is 3.65.